The third-order valence-electron chi connectivity index (χ3n) is 4.77. The molecule has 0 N–H and O–H groups in total. The summed E-state index contributed by atoms with van der Waals surface area (Å²) in [6.45, 7) is 4.89. The number of nitrogens with zero attached hydrogens (tertiary/aromatic N) is 1. The van der Waals surface area contributed by atoms with Gasteiger partial charge in [-0.25, -0.2) is 4.79 Å². The van der Waals surface area contributed by atoms with Crippen LogP contribution in [0.4, 0.5) is 0 Å². The smallest absolute Gasteiger partial charge is 0.338 e. The molecule has 0 fully saturated rings. The van der Waals surface area contributed by atoms with E-state index < -0.39 is 0 Å². The van der Waals surface area contributed by atoms with Crippen molar-refractivity contribution in [3.8, 4) is 0 Å². The Morgan fingerprint density at radius 2 is 1.44 bits per heavy atom. The van der Waals surface area contributed by atoms with Crippen LogP contribution in [0, 0.1) is 0 Å². The molecule has 4 heteroatoms. The van der Waals surface area contributed by atoms with Gasteiger partial charge in [-0.2, -0.15) is 0 Å². The maximum absolute atomic E-state index is 11.9. The lowest BCUT2D eigenvalue weighted by Gasteiger charge is -2.28. The van der Waals surface area contributed by atoms with Crippen LogP contribution in [0.3, 0.4) is 0 Å². The van der Waals surface area contributed by atoms with Gasteiger partial charge in [-0.15, -0.1) is 0 Å². The van der Waals surface area contributed by atoms with Gasteiger partial charge < -0.3 is 14.0 Å². The summed E-state index contributed by atoms with van der Waals surface area (Å²) in [5, 5.41) is 0. The number of hydrogen-bond donors (Lipinski definition) is 0. The number of benzene rings is 1. The van der Waals surface area contributed by atoms with Crippen LogP contribution in [0.15, 0.2) is 30.3 Å². The first-order valence-corrected chi connectivity index (χ1v) is 10.7. The Balaban J connectivity index is 1.98. The monoisotopic (exact) mass is 378 g/mol. The Kier molecular flexibility index (Phi) is 12.8. The predicted molar refractivity (Wildman–Crippen MR) is 112 cm³/mol. The molecule has 0 spiro atoms. The molecule has 4 nitrogen and oxygen atoms in total. The summed E-state index contributed by atoms with van der Waals surface area (Å²) in [4.78, 5) is 11.9. The highest BCUT2D eigenvalue weighted by molar-refractivity contribution is 5.89. The molecule has 1 rings (SSSR count). The molecular formula is C23H40NO3+. The van der Waals surface area contributed by atoms with Crippen molar-refractivity contribution in [3.63, 3.8) is 0 Å². The lowest BCUT2D eigenvalue weighted by atomic mass is 10.1. The van der Waals surface area contributed by atoms with E-state index >= 15 is 0 Å². The van der Waals surface area contributed by atoms with Crippen LogP contribution < -0.4 is 0 Å². The molecule has 27 heavy (non-hydrogen) atoms. The van der Waals surface area contributed by atoms with Crippen LogP contribution in [0.2, 0.25) is 0 Å². The summed E-state index contributed by atoms with van der Waals surface area (Å²) in [6, 6.07) is 9.13. The largest absolute Gasteiger partial charge is 0.456 e. The molecule has 0 bridgehead atoms. The molecule has 1 aromatic carbocycles. The minimum atomic E-state index is -0.258. The molecule has 0 saturated heterocycles. The van der Waals surface area contributed by atoms with Crippen LogP contribution in [-0.2, 0) is 9.47 Å². The van der Waals surface area contributed by atoms with E-state index in [9.17, 15) is 4.79 Å². The van der Waals surface area contributed by atoms with Crippen LogP contribution in [0.1, 0.15) is 75.1 Å². The number of unbranched alkanes of at least 4 members (excludes halogenated alkanes) is 8. The zero-order valence-corrected chi connectivity index (χ0v) is 17.8. The number of likely N-dealkylation sites (N-methyl/N-ethyl adjacent to an activating group) is 1. The fourth-order valence-corrected chi connectivity index (χ4v) is 2.93. The van der Waals surface area contributed by atoms with Crippen molar-refractivity contribution in [2.24, 2.45) is 0 Å². The zero-order chi connectivity index (χ0) is 19.8. The number of carbonyl (C=O) groups excluding carboxylic acids is 1. The van der Waals surface area contributed by atoms with Gasteiger partial charge in [0.15, 0.2) is 6.73 Å². The lowest BCUT2D eigenvalue weighted by Crippen LogP contribution is -2.44. The summed E-state index contributed by atoms with van der Waals surface area (Å²) in [6.07, 6.45) is 12.0. The maximum Gasteiger partial charge on any atom is 0.338 e. The summed E-state index contributed by atoms with van der Waals surface area (Å²) >= 11 is 0. The van der Waals surface area contributed by atoms with E-state index in [2.05, 4.69) is 21.0 Å². The minimum Gasteiger partial charge on any atom is -0.456 e. The van der Waals surface area contributed by atoms with Crippen molar-refractivity contribution in [2.45, 2.75) is 64.7 Å². The molecule has 0 heterocycles. The van der Waals surface area contributed by atoms with Gasteiger partial charge in [0, 0.05) is 0 Å². The summed E-state index contributed by atoms with van der Waals surface area (Å²) in [5.74, 6) is -0.258. The van der Waals surface area contributed by atoms with Crippen molar-refractivity contribution in [2.75, 3.05) is 40.6 Å². The molecule has 154 valence electrons. The van der Waals surface area contributed by atoms with E-state index in [1.165, 1.54) is 51.4 Å². The molecule has 0 amide bonds. The lowest BCUT2D eigenvalue weighted by molar-refractivity contribution is -0.909. The SMILES string of the molecule is CCCCCCCCCCCOC[N+](C)(C)CCOC(=O)c1ccccc1. The molecule has 0 aliphatic heterocycles. The van der Waals surface area contributed by atoms with Gasteiger partial charge in [0.2, 0.25) is 0 Å². The second-order valence-corrected chi connectivity index (χ2v) is 8.03. The van der Waals surface area contributed by atoms with E-state index in [1.807, 2.05) is 18.2 Å². The fourth-order valence-electron chi connectivity index (χ4n) is 2.93. The standard InChI is InChI=1S/C23H40NO3/c1-4-5-6-7-8-9-10-11-15-19-26-21-24(2,3)18-20-27-23(25)22-16-13-12-14-17-22/h12-14,16-17H,4-11,15,18-21H2,1-3H3/q+1. The number of hydrogen-bond acceptors (Lipinski definition) is 3. The van der Waals surface area contributed by atoms with E-state index in [-0.39, 0.29) is 5.97 Å². The van der Waals surface area contributed by atoms with E-state index in [4.69, 9.17) is 9.47 Å². The summed E-state index contributed by atoms with van der Waals surface area (Å²) in [5.41, 5.74) is 0.601. The van der Waals surface area contributed by atoms with Gasteiger partial charge in [-0.1, -0.05) is 76.5 Å². The van der Waals surface area contributed by atoms with Crippen molar-refractivity contribution in [1.82, 2.24) is 0 Å². The first-order chi connectivity index (χ1) is 13.0. The molecule has 0 saturated carbocycles. The van der Waals surface area contributed by atoms with Crippen molar-refractivity contribution < 1.29 is 18.8 Å². The minimum absolute atomic E-state index is 0.258. The maximum atomic E-state index is 11.9. The number of ether oxygens (including phenoxy) is 2. The molecule has 1 aromatic rings. The third-order valence-corrected chi connectivity index (χ3v) is 4.77. The average molecular weight is 379 g/mol. The van der Waals surface area contributed by atoms with Gasteiger partial charge in [0.05, 0.1) is 26.3 Å². The van der Waals surface area contributed by atoms with E-state index in [0.717, 1.165) is 19.6 Å². The Morgan fingerprint density at radius 1 is 0.852 bits per heavy atom. The molecule has 0 aromatic heterocycles. The van der Waals surface area contributed by atoms with Gasteiger partial charge in [0.25, 0.3) is 0 Å². The first-order valence-electron chi connectivity index (χ1n) is 10.7. The number of rotatable bonds is 16. The second kappa shape index (κ2) is 14.6. The molecule has 0 aliphatic carbocycles. The Labute approximate surface area is 166 Å². The quantitative estimate of drug-likeness (QED) is 0.167. The number of quaternary nitrogens is 1. The topological polar surface area (TPSA) is 35.5 Å². The predicted octanol–water partition coefficient (Wildman–Crippen LogP) is 5.42. The van der Waals surface area contributed by atoms with Gasteiger partial charge in [0.1, 0.15) is 13.2 Å². The Morgan fingerprint density at radius 3 is 2.07 bits per heavy atom. The summed E-state index contributed by atoms with van der Waals surface area (Å²) in [7, 11) is 4.21. The molecule has 0 atom stereocenters. The van der Waals surface area contributed by atoms with Gasteiger partial charge in [-0.05, 0) is 18.6 Å². The van der Waals surface area contributed by atoms with E-state index in [0.29, 0.717) is 23.4 Å². The number of carbonyl (C=O) groups is 1. The fraction of sp³-hybridized carbons (Fsp3) is 0.696. The van der Waals surface area contributed by atoms with Gasteiger partial charge in [-0.3, -0.25) is 0 Å². The molecule has 0 unspecified atom stereocenters. The van der Waals surface area contributed by atoms with Crippen LogP contribution in [0.25, 0.3) is 0 Å². The zero-order valence-electron chi connectivity index (χ0n) is 17.8. The van der Waals surface area contributed by atoms with Gasteiger partial charge >= 0.3 is 5.97 Å². The second-order valence-electron chi connectivity index (χ2n) is 8.03. The average Bonchev–Trinajstić information content (AvgIpc) is 2.66. The highest BCUT2D eigenvalue weighted by Gasteiger charge is 2.16. The molecular weight excluding hydrogens is 338 g/mol. The Hall–Kier alpha value is -1.39. The highest BCUT2D eigenvalue weighted by atomic mass is 16.5. The van der Waals surface area contributed by atoms with Crippen molar-refractivity contribution in [3.05, 3.63) is 35.9 Å². The summed E-state index contributed by atoms with van der Waals surface area (Å²) < 4.78 is 11.9. The third kappa shape index (κ3) is 12.6. The first kappa shape index (κ1) is 23.6. The van der Waals surface area contributed by atoms with E-state index in [1.54, 1.807) is 12.1 Å². The van der Waals surface area contributed by atoms with Crippen molar-refractivity contribution >= 4 is 5.97 Å². The number of esters is 1. The normalized spacial score (nSPS) is 11.5. The van der Waals surface area contributed by atoms with Crippen LogP contribution >= 0.6 is 0 Å². The van der Waals surface area contributed by atoms with Crippen LogP contribution in [-0.4, -0.2) is 51.0 Å². The molecule has 0 radical (unpaired) electrons. The van der Waals surface area contributed by atoms with Crippen molar-refractivity contribution in [1.29, 1.82) is 0 Å². The van der Waals surface area contributed by atoms with Crippen LogP contribution in [0.5, 0.6) is 0 Å². The Bertz CT molecular complexity index is 488. The highest BCUT2D eigenvalue weighted by Crippen LogP contribution is 2.10. The molecule has 0 aliphatic rings.